The van der Waals surface area contributed by atoms with E-state index in [2.05, 4.69) is 9.88 Å². The molecule has 3 aromatic rings. The molecule has 28 heavy (non-hydrogen) atoms. The molecule has 1 aliphatic rings. The fraction of sp³-hybridized carbons (Fsp3) is 0.333. The topological polar surface area (TPSA) is 56.6 Å². The first-order valence-corrected chi connectivity index (χ1v) is 10.1. The Morgan fingerprint density at radius 1 is 1.14 bits per heavy atom. The summed E-state index contributed by atoms with van der Waals surface area (Å²) in [6.07, 6.45) is 0. The molecule has 1 fully saturated rings. The second-order valence-electron chi connectivity index (χ2n) is 6.78. The number of pyridine rings is 1. The maximum Gasteiger partial charge on any atom is 0.262 e. The zero-order valence-electron chi connectivity index (χ0n) is 16.3. The molecular weight excluding hydrogens is 374 g/mol. The van der Waals surface area contributed by atoms with Crippen LogP contribution in [-0.2, 0) is 11.8 Å². The fourth-order valence-electron chi connectivity index (χ4n) is 3.50. The van der Waals surface area contributed by atoms with Crippen LogP contribution in [0.25, 0.3) is 21.7 Å². The van der Waals surface area contributed by atoms with Gasteiger partial charge in [-0.1, -0.05) is 12.1 Å². The molecule has 1 saturated heterocycles. The summed E-state index contributed by atoms with van der Waals surface area (Å²) < 4.78 is 12.6. The largest absolute Gasteiger partial charge is 0.497 e. The van der Waals surface area contributed by atoms with Gasteiger partial charge in [0.2, 0.25) is 0 Å². The van der Waals surface area contributed by atoms with Gasteiger partial charge in [0.25, 0.3) is 5.56 Å². The van der Waals surface area contributed by atoms with E-state index in [4.69, 9.17) is 9.47 Å². The number of nitrogens with zero attached hydrogens (tertiary/aromatic N) is 3. The molecule has 0 radical (unpaired) electrons. The second kappa shape index (κ2) is 7.77. The van der Waals surface area contributed by atoms with Crippen molar-refractivity contribution in [1.29, 1.82) is 0 Å². The molecule has 0 unspecified atom stereocenters. The van der Waals surface area contributed by atoms with Crippen LogP contribution in [0.4, 0.5) is 5.82 Å². The normalized spacial score (nSPS) is 14.3. The number of aryl methyl sites for hydroxylation is 1. The Bertz CT molecular complexity index is 1030. The zero-order valence-corrected chi connectivity index (χ0v) is 17.1. The van der Waals surface area contributed by atoms with Crippen molar-refractivity contribution in [1.82, 2.24) is 9.55 Å². The molecule has 0 saturated carbocycles. The fourth-order valence-corrected chi connectivity index (χ4v) is 4.30. The molecule has 3 heterocycles. The van der Waals surface area contributed by atoms with Crippen LogP contribution >= 0.6 is 11.3 Å². The van der Waals surface area contributed by atoms with E-state index in [1.54, 1.807) is 11.7 Å². The molecule has 146 valence electrons. The summed E-state index contributed by atoms with van der Waals surface area (Å²) in [4.78, 5) is 19.9. The van der Waals surface area contributed by atoms with E-state index < -0.39 is 0 Å². The lowest BCUT2D eigenvalue weighted by Gasteiger charge is -2.32. The summed E-state index contributed by atoms with van der Waals surface area (Å²) in [5.74, 6) is 1.72. The highest BCUT2D eigenvalue weighted by Crippen LogP contribution is 2.34. The van der Waals surface area contributed by atoms with Gasteiger partial charge in [-0.3, -0.25) is 9.36 Å². The second-order valence-corrected chi connectivity index (χ2v) is 7.64. The van der Waals surface area contributed by atoms with Gasteiger partial charge >= 0.3 is 0 Å². The highest BCUT2D eigenvalue weighted by atomic mass is 32.1. The number of rotatable bonds is 4. The van der Waals surface area contributed by atoms with Crippen molar-refractivity contribution < 1.29 is 9.47 Å². The molecule has 1 aromatic carbocycles. The Hall–Kier alpha value is -2.64. The summed E-state index contributed by atoms with van der Waals surface area (Å²) in [5, 5.41) is 2.72. The number of benzene rings is 1. The molecular formula is C21H23N3O3S. The standard InChI is InChI=1S/C21H23N3O3S/c1-14-13-28-19(22-14)18-12-17(15-4-6-16(26-3)7-5-15)20(23(2)21(18)25)24-8-10-27-11-9-24/h4-7,12-13H,8-11H2,1-3H3. The monoisotopic (exact) mass is 397 g/mol. The molecule has 0 bridgehead atoms. The van der Waals surface area contributed by atoms with E-state index in [1.165, 1.54) is 11.3 Å². The summed E-state index contributed by atoms with van der Waals surface area (Å²) in [7, 11) is 3.49. The minimum atomic E-state index is -0.0342. The number of morpholine rings is 1. The smallest absolute Gasteiger partial charge is 0.262 e. The average Bonchev–Trinajstić information content (AvgIpc) is 3.16. The van der Waals surface area contributed by atoms with Gasteiger partial charge in [0.1, 0.15) is 16.6 Å². The third kappa shape index (κ3) is 3.43. The van der Waals surface area contributed by atoms with E-state index in [0.29, 0.717) is 18.8 Å². The molecule has 0 spiro atoms. The predicted octanol–water partition coefficient (Wildman–Crippen LogP) is 3.33. The van der Waals surface area contributed by atoms with Gasteiger partial charge in [-0.05, 0) is 30.7 Å². The van der Waals surface area contributed by atoms with Crippen molar-refractivity contribution in [3.05, 3.63) is 51.8 Å². The third-order valence-corrected chi connectivity index (χ3v) is 5.94. The quantitative estimate of drug-likeness (QED) is 0.676. The molecule has 1 aliphatic heterocycles. The molecule has 0 N–H and O–H groups in total. The van der Waals surface area contributed by atoms with Crippen molar-refractivity contribution in [2.24, 2.45) is 7.05 Å². The number of aromatic nitrogens is 2. The highest BCUT2D eigenvalue weighted by molar-refractivity contribution is 7.13. The SMILES string of the molecule is COc1ccc(-c2cc(-c3nc(C)cs3)c(=O)n(C)c2N2CCOCC2)cc1. The van der Waals surface area contributed by atoms with E-state index in [1.807, 2.05) is 49.7 Å². The Morgan fingerprint density at radius 2 is 1.86 bits per heavy atom. The van der Waals surface area contributed by atoms with E-state index >= 15 is 0 Å². The molecule has 7 heteroatoms. The highest BCUT2D eigenvalue weighted by Gasteiger charge is 2.22. The Balaban J connectivity index is 1.93. The Labute approximate surface area is 168 Å². The van der Waals surface area contributed by atoms with Crippen LogP contribution in [0.15, 0.2) is 40.5 Å². The van der Waals surface area contributed by atoms with Gasteiger partial charge in [-0.25, -0.2) is 4.98 Å². The van der Waals surface area contributed by atoms with Crippen LogP contribution in [0.1, 0.15) is 5.69 Å². The van der Waals surface area contributed by atoms with Crippen molar-refractivity contribution in [2.45, 2.75) is 6.92 Å². The lowest BCUT2D eigenvalue weighted by Crippen LogP contribution is -2.40. The Kier molecular flexibility index (Phi) is 5.19. The van der Waals surface area contributed by atoms with Crippen molar-refractivity contribution in [2.75, 3.05) is 38.3 Å². The molecule has 0 atom stereocenters. The molecule has 6 nitrogen and oxygen atoms in total. The number of ether oxygens (including phenoxy) is 2. The van der Waals surface area contributed by atoms with Crippen LogP contribution in [0.2, 0.25) is 0 Å². The van der Waals surface area contributed by atoms with Gasteiger partial charge in [-0.15, -0.1) is 11.3 Å². The van der Waals surface area contributed by atoms with E-state index in [0.717, 1.165) is 46.5 Å². The first-order valence-electron chi connectivity index (χ1n) is 9.22. The number of methoxy groups -OCH3 is 1. The van der Waals surface area contributed by atoms with Crippen LogP contribution in [-0.4, -0.2) is 43.0 Å². The van der Waals surface area contributed by atoms with Crippen molar-refractivity contribution in [3.63, 3.8) is 0 Å². The Morgan fingerprint density at radius 3 is 2.46 bits per heavy atom. The summed E-state index contributed by atoms with van der Waals surface area (Å²) in [5.41, 5.74) is 3.56. The molecule has 0 aliphatic carbocycles. The predicted molar refractivity (Wildman–Crippen MR) is 113 cm³/mol. The minimum absolute atomic E-state index is 0.0342. The van der Waals surface area contributed by atoms with Crippen LogP contribution in [0.5, 0.6) is 5.75 Å². The zero-order chi connectivity index (χ0) is 19.7. The maximum atomic E-state index is 13.2. The average molecular weight is 398 g/mol. The lowest BCUT2D eigenvalue weighted by atomic mass is 10.0. The van der Waals surface area contributed by atoms with Gasteiger partial charge in [0.05, 0.1) is 25.9 Å². The summed E-state index contributed by atoms with van der Waals surface area (Å²) in [6.45, 7) is 4.77. The first kappa shape index (κ1) is 18.7. The van der Waals surface area contributed by atoms with Gasteiger partial charge in [-0.2, -0.15) is 0 Å². The lowest BCUT2D eigenvalue weighted by molar-refractivity contribution is 0.122. The van der Waals surface area contributed by atoms with Gasteiger partial charge in [0, 0.05) is 36.8 Å². The molecule has 2 aromatic heterocycles. The molecule has 0 amide bonds. The van der Waals surface area contributed by atoms with Crippen LogP contribution < -0.4 is 15.2 Å². The molecule has 4 rings (SSSR count). The number of hydrogen-bond acceptors (Lipinski definition) is 6. The summed E-state index contributed by atoms with van der Waals surface area (Å²) >= 11 is 1.50. The maximum absolute atomic E-state index is 13.2. The minimum Gasteiger partial charge on any atom is -0.497 e. The van der Waals surface area contributed by atoms with Gasteiger partial charge < -0.3 is 14.4 Å². The van der Waals surface area contributed by atoms with E-state index in [-0.39, 0.29) is 5.56 Å². The van der Waals surface area contributed by atoms with Crippen molar-refractivity contribution in [3.8, 4) is 27.4 Å². The summed E-state index contributed by atoms with van der Waals surface area (Å²) in [6, 6.07) is 9.92. The van der Waals surface area contributed by atoms with Crippen LogP contribution in [0, 0.1) is 6.92 Å². The number of anilines is 1. The number of hydrogen-bond donors (Lipinski definition) is 0. The van der Waals surface area contributed by atoms with Crippen LogP contribution in [0.3, 0.4) is 0 Å². The van der Waals surface area contributed by atoms with Gasteiger partial charge in [0.15, 0.2) is 0 Å². The first-order chi connectivity index (χ1) is 13.6. The van der Waals surface area contributed by atoms with E-state index in [9.17, 15) is 4.79 Å². The van der Waals surface area contributed by atoms with Crippen molar-refractivity contribution >= 4 is 17.2 Å². The number of thiazole rings is 1. The third-order valence-electron chi connectivity index (χ3n) is 4.94.